The number of rotatable bonds is 6. The van der Waals surface area contributed by atoms with Crippen LogP contribution < -0.4 is 16.2 Å². The van der Waals surface area contributed by atoms with E-state index in [1.807, 2.05) is 29.2 Å². The molecule has 2 aromatic heterocycles. The lowest BCUT2D eigenvalue weighted by Crippen LogP contribution is -2.42. The number of hydrogen-bond acceptors (Lipinski definition) is 6. The Morgan fingerprint density at radius 1 is 1.18 bits per heavy atom. The number of pyridine rings is 1. The standard InChI is InChI=1S/C25H26N6O3/c1-2-20(32)30-12-10-25(15-30)13-17(14-25)31-23(26)21(24(27)33)22(29-31)16-6-8-18(9-7-16)34-19-5-3-4-11-28-19/h2-9,11,17H,1,10,12-15,26H2,(H2,27,33)/t17-,25-. The number of benzene rings is 1. The highest BCUT2D eigenvalue weighted by molar-refractivity contribution is 6.03. The van der Waals surface area contributed by atoms with Crippen LogP contribution in [-0.4, -0.2) is 44.6 Å². The maximum absolute atomic E-state index is 12.3. The molecule has 34 heavy (non-hydrogen) atoms. The smallest absolute Gasteiger partial charge is 0.254 e. The van der Waals surface area contributed by atoms with Gasteiger partial charge in [-0.2, -0.15) is 5.10 Å². The van der Waals surface area contributed by atoms with Gasteiger partial charge in [0.05, 0.1) is 6.04 Å². The summed E-state index contributed by atoms with van der Waals surface area (Å²) in [6, 6.07) is 12.7. The Bertz CT molecular complexity index is 1250. The first-order valence-corrected chi connectivity index (χ1v) is 11.2. The van der Waals surface area contributed by atoms with E-state index >= 15 is 0 Å². The van der Waals surface area contributed by atoms with E-state index in [9.17, 15) is 9.59 Å². The van der Waals surface area contributed by atoms with Crippen LogP contribution in [0.2, 0.25) is 0 Å². The second-order valence-electron chi connectivity index (χ2n) is 8.99. The average Bonchev–Trinajstić information content (AvgIpc) is 3.41. The van der Waals surface area contributed by atoms with Crippen LogP contribution in [0.1, 0.15) is 35.7 Å². The molecule has 0 radical (unpaired) electrons. The molecule has 9 nitrogen and oxygen atoms in total. The van der Waals surface area contributed by atoms with Crippen molar-refractivity contribution in [3.63, 3.8) is 0 Å². The van der Waals surface area contributed by atoms with E-state index in [4.69, 9.17) is 21.3 Å². The number of carbonyl (C=O) groups is 2. The summed E-state index contributed by atoms with van der Waals surface area (Å²) in [7, 11) is 0. The third-order valence-electron chi connectivity index (χ3n) is 6.79. The van der Waals surface area contributed by atoms with Crippen LogP contribution in [0.3, 0.4) is 0 Å². The summed E-state index contributed by atoms with van der Waals surface area (Å²) in [5, 5.41) is 4.70. The monoisotopic (exact) mass is 458 g/mol. The Morgan fingerprint density at radius 2 is 1.94 bits per heavy atom. The Morgan fingerprint density at radius 3 is 2.59 bits per heavy atom. The predicted octanol–water partition coefficient (Wildman–Crippen LogP) is 3.16. The first-order chi connectivity index (χ1) is 16.4. The number of amides is 2. The summed E-state index contributed by atoms with van der Waals surface area (Å²) < 4.78 is 7.46. The molecule has 9 heteroatoms. The summed E-state index contributed by atoms with van der Waals surface area (Å²) in [6.45, 7) is 5.02. The van der Waals surface area contributed by atoms with E-state index in [1.165, 1.54) is 6.08 Å². The number of anilines is 1. The molecule has 0 atom stereocenters. The van der Waals surface area contributed by atoms with Gasteiger partial charge in [-0.15, -0.1) is 0 Å². The third-order valence-corrected chi connectivity index (χ3v) is 6.79. The van der Waals surface area contributed by atoms with Crippen LogP contribution in [-0.2, 0) is 4.79 Å². The van der Waals surface area contributed by atoms with Crippen molar-refractivity contribution in [1.29, 1.82) is 0 Å². The molecule has 2 fully saturated rings. The Hall–Kier alpha value is -4.14. The molecule has 2 aliphatic rings. The molecular weight excluding hydrogens is 432 g/mol. The number of aromatic nitrogens is 3. The molecule has 1 aliphatic heterocycles. The molecule has 5 rings (SSSR count). The second-order valence-corrected chi connectivity index (χ2v) is 8.99. The highest BCUT2D eigenvalue weighted by Crippen LogP contribution is 2.54. The maximum Gasteiger partial charge on any atom is 0.254 e. The van der Waals surface area contributed by atoms with Crippen LogP contribution in [0.15, 0.2) is 61.3 Å². The van der Waals surface area contributed by atoms with E-state index < -0.39 is 5.91 Å². The highest BCUT2D eigenvalue weighted by Gasteiger charge is 2.50. The fourth-order valence-corrected chi connectivity index (χ4v) is 5.08. The summed E-state index contributed by atoms with van der Waals surface area (Å²) in [5.41, 5.74) is 13.5. The van der Waals surface area contributed by atoms with Gasteiger partial charge in [-0.1, -0.05) is 12.6 Å². The number of hydrogen-bond donors (Lipinski definition) is 2. The topological polar surface area (TPSA) is 129 Å². The number of primary amides is 1. The molecule has 3 aromatic rings. The summed E-state index contributed by atoms with van der Waals surface area (Å²) >= 11 is 0. The van der Waals surface area contributed by atoms with Crippen LogP contribution in [0, 0.1) is 5.41 Å². The number of nitrogens with two attached hydrogens (primary N) is 2. The zero-order chi connectivity index (χ0) is 23.9. The lowest BCUT2D eigenvalue weighted by atomic mass is 9.65. The van der Waals surface area contributed by atoms with E-state index in [-0.39, 0.29) is 28.7 Å². The van der Waals surface area contributed by atoms with Crippen LogP contribution in [0.25, 0.3) is 11.3 Å². The molecule has 1 saturated carbocycles. The van der Waals surface area contributed by atoms with Crippen molar-refractivity contribution in [3.8, 4) is 22.9 Å². The highest BCUT2D eigenvalue weighted by atomic mass is 16.5. The van der Waals surface area contributed by atoms with Crippen molar-refractivity contribution in [2.24, 2.45) is 11.1 Å². The van der Waals surface area contributed by atoms with E-state index in [2.05, 4.69) is 11.6 Å². The van der Waals surface area contributed by atoms with E-state index in [1.54, 1.807) is 29.1 Å². The number of nitrogen functional groups attached to an aromatic ring is 1. The fourth-order valence-electron chi connectivity index (χ4n) is 5.08. The van der Waals surface area contributed by atoms with Gasteiger partial charge in [0.1, 0.15) is 22.8 Å². The Labute approximate surface area is 197 Å². The quantitative estimate of drug-likeness (QED) is 0.546. The first kappa shape index (κ1) is 21.7. The van der Waals surface area contributed by atoms with Gasteiger partial charge in [0.25, 0.3) is 5.91 Å². The number of nitrogens with zero attached hydrogens (tertiary/aromatic N) is 4. The number of likely N-dealkylation sites (tertiary alicyclic amines) is 1. The van der Waals surface area contributed by atoms with Gasteiger partial charge in [0.15, 0.2) is 0 Å². The van der Waals surface area contributed by atoms with Crippen molar-refractivity contribution in [2.75, 3.05) is 18.8 Å². The molecule has 1 aliphatic carbocycles. The SMILES string of the molecule is C=CC(=O)N1CC[C@]2(C1)C[C@H](n1nc(-c3ccc(Oc4ccccn4)cc3)c(C(N)=O)c1N)C2. The molecule has 0 unspecified atom stereocenters. The number of carbonyl (C=O) groups excluding carboxylic acids is 2. The molecular formula is C25H26N6O3. The minimum absolute atomic E-state index is 0.0345. The third kappa shape index (κ3) is 3.79. The van der Waals surface area contributed by atoms with Crippen molar-refractivity contribution in [2.45, 2.75) is 25.3 Å². The van der Waals surface area contributed by atoms with Crippen molar-refractivity contribution >= 4 is 17.6 Å². The lowest BCUT2D eigenvalue weighted by molar-refractivity contribution is -0.125. The van der Waals surface area contributed by atoms with Gasteiger partial charge in [0.2, 0.25) is 11.8 Å². The van der Waals surface area contributed by atoms with Crippen molar-refractivity contribution in [1.82, 2.24) is 19.7 Å². The average molecular weight is 459 g/mol. The molecule has 3 heterocycles. The normalized spacial score (nSPS) is 21.3. The zero-order valence-electron chi connectivity index (χ0n) is 18.7. The minimum Gasteiger partial charge on any atom is -0.439 e. The van der Waals surface area contributed by atoms with Crippen LogP contribution >= 0.6 is 0 Å². The van der Waals surface area contributed by atoms with Crippen LogP contribution in [0.4, 0.5) is 5.82 Å². The molecule has 2 amide bonds. The van der Waals surface area contributed by atoms with Gasteiger partial charge in [-0.25, -0.2) is 9.67 Å². The van der Waals surface area contributed by atoms with Crippen molar-refractivity contribution < 1.29 is 14.3 Å². The molecule has 1 spiro atoms. The number of ether oxygens (including phenoxy) is 1. The van der Waals surface area contributed by atoms with Crippen LogP contribution in [0.5, 0.6) is 11.6 Å². The molecule has 4 N–H and O–H groups in total. The summed E-state index contributed by atoms with van der Waals surface area (Å²) in [5.74, 6) is 0.711. The minimum atomic E-state index is -0.620. The lowest BCUT2D eigenvalue weighted by Gasteiger charge is -2.45. The zero-order valence-corrected chi connectivity index (χ0v) is 18.7. The molecule has 1 aromatic carbocycles. The summed E-state index contributed by atoms with van der Waals surface area (Å²) in [4.78, 5) is 30.2. The molecule has 1 saturated heterocycles. The Balaban J connectivity index is 1.36. The fraction of sp³-hybridized carbons (Fsp3) is 0.280. The molecule has 174 valence electrons. The second kappa shape index (κ2) is 8.33. The first-order valence-electron chi connectivity index (χ1n) is 11.2. The molecule has 0 bridgehead atoms. The summed E-state index contributed by atoms with van der Waals surface area (Å²) in [6.07, 6.45) is 5.64. The van der Waals surface area contributed by atoms with Gasteiger partial charge in [0, 0.05) is 30.9 Å². The van der Waals surface area contributed by atoms with Gasteiger partial charge < -0.3 is 21.1 Å². The predicted molar refractivity (Wildman–Crippen MR) is 127 cm³/mol. The largest absolute Gasteiger partial charge is 0.439 e. The van der Waals surface area contributed by atoms with Gasteiger partial charge in [-0.05, 0) is 61.1 Å². The van der Waals surface area contributed by atoms with E-state index in [0.29, 0.717) is 29.4 Å². The van der Waals surface area contributed by atoms with Gasteiger partial charge >= 0.3 is 0 Å². The van der Waals surface area contributed by atoms with Gasteiger partial charge in [-0.3, -0.25) is 9.59 Å². The van der Waals surface area contributed by atoms with Crippen molar-refractivity contribution in [3.05, 3.63) is 66.9 Å². The maximum atomic E-state index is 12.3. The van der Waals surface area contributed by atoms with E-state index in [0.717, 1.165) is 25.8 Å². The Kier molecular flexibility index (Phi) is 5.31.